The Morgan fingerprint density at radius 1 is 1.33 bits per heavy atom. The molecular weight excluding hydrogens is 513 g/mol. The van der Waals surface area contributed by atoms with Crippen molar-refractivity contribution in [1.82, 2.24) is 14.8 Å². The van der Waals surface area contributed by atoms with Gasteiger partial charge in [0, 0.05) is 54.0 Å². The van der Waals surface area contributed by atoms with Crippen molar-refractivity contribution in [3.63, 3.8) is 0 Å². The molecule has 1 spiro atoms. The monoisotopic (exact) mass is 540 g/mol. The number of methoxy groups -OCH3 is 1. The number of hydrogen-bond donors (Lipinski definition) is 1. The highest BCUT2D eigenvalue weighted by Gasteiger charge is 2.48. The van der Waals surface area contributed by atoms with E-state index in [9.17, 15) is 9.59 Å². The van der Waals surface area contributed by atoms with Crippen molar-refractivity contribution in [3.05, 3.63) is 64.5 Å². The molecular formula is C26H28N4O3S3. The van der Waals surface area contributed by atoms with Crippen LogP contribution < -0.4 is 10.1 Å². The fourth-order valence-corrected chi connectivity index (χ4v) is 7.53. The lowest BCUT2D eigenvalue weighted by atomic mass is 9.79. The minimum Gasteiger partial charge on any atom is -0.496 e. The largest absolute Gasteiger partial charge is 0.496 e. The molecule has 0 aliphatic carbocycles. The van der Waals surface area contributed by atoms with Crippen molar-refractivity contribution >= 4 is 51.4 Å². The number of thiophene rings is 1. The summed E-state index contributed by atoms with van der Waals surface area (Å²) in [7, 11) is 1.71. The van der Waals surface area contributed by atoms with Crippen LogP contribution >= 0.6 is 34.4 Å². The molecule has 0 atom stereocenters. The zero-order valence-corrected chi connectivity index (χ0v) is 22.7. The fourth-order valence-electron chi connectivity index (χ4n) is 4.93. The Hall–Kier alpha value is -2.66. The van der Waals surface area contributed by atoms with E-state index in [1.54, 1.807) is 31.1 Å². The van der Waals surface area contributed by atoms with E-state index in [1.807, 2.05) is 15.7 Å². The first-order chi connectivity index (χ1) is 17.4. The van der Waals surface area contributed by atoms with Crippen LogP contribution in [0, 0.1) is 12.3 Å². The van der Waals surface area contributed by atoms with Crippen LogP contribution in [0.3, 0.4) is 0 Å². The van der Waals surface area contributed by atoms with E-state index in [4.69, 9.17) is 4.74 Å². The van der Waals surface area contributed by atoms with Gasteiger partial charge in [-0.3, -0.25) is 19.8 Å². The molecule has 2 aromatic heterocycles. The van der Waals surface area contributed by atoms with Gasteiger partial charge < -0.3 is 9.64 Å². The zero-order valence-electron chi connectivity index (χ0n) is 20.3. The molecule has 1 N–H and O–H groups in total. The second kappa shape index (κ2) is 10.4. The van der Waals surface area contributed by atoms with Crippen LogP contribution in [0.15, 0.2) is 56.9 Å². The van der Waals surface area contributed by atoms with Crippen LogP contribution in [-0.2, 0) is 11.3 Å². The Morgan fingerprint density at radius 3 is 2.89 bits per heavy atom. The number of aryl methyl sites for hydroxylation is 1. The second-order valence-electron chi connectivity index (χ2n) is 9.34. The highest BCUT2D eigenvalue weighted by atomic mass is 32.2. The maximum atomic E-state index is 12.3. The average Bonchev–Trinajstić information content (AvgIpc) is 3.61. The number of rotatable bonds is 8. The van der Waals surface area contributed by atoms with Crippen molar-refractivity contribution in [3.8, 4) is 5.75 Å². The number of benzene rings is 1. The van der Waals surface area contributed by atoms with E-state index in [2.05, 4.69) is 40.8 Å². The van der Waals surface area contributed by atoms with Crippen molar-refractivity contribution in [1.29, 1.82) is 0 Å². The second-order valence-corrected chi connectivity index (χ2v) is 12.5. The summed E-state index contributed by atoms with van der Waals surface area (Å²) in [5.74, 6) is 0.779. The number of carbonyl (C=O) groups is 2. The van der Waals surface area contributed by atoms with Gasteiger partial charge in [-0.15, -0.1) is 0 Å². The van der Waals surface area contributed by atoms with Gasteiger partial charge in [-0.2, -0.15) is 11.3 Å². The Morgan fingerprint density at radius 2 is 2.17 bits per heavy atom. The average molecular weight is 541 g/mol. The maximum absolute atomic E-state index is 12.3. The molecule has 0 saturated carbocycles. The smallest absolute Gasteiger partial charge is 0.258 e. The third-order valence-corrected chi connectivity index (χ3v) is 9.57. The predicted octanol–water partition coefficient (Wildman–Crippen LogP) is 5.15. The van der Waals surface area contributed by atoms with Crippen LogP contribution in [0.2, 0.25) is 0 Å². The molecule has 2 fully saturated rings. The van der Waals surface area contributed by atoms with Gasteiger partial charge >= 0.3 is 0 Å². The van der Waals surface area contributed by atoms with Gasteiger partial charge in [0.2, 0.25) is 5.91 Å². The molecule has 1 aromatic carbocycles. The molecule has 0 unspecified atom stereocenters. The molecule has 0 bridgehead atoms. The van der Waals surface area contributed by atoms with E-state index in [0.717, 1.165) is 65.1 Å². The summed E-state index contributed by atoms with van der Waals surface area (Å²) in [6, 6.07) is 6.10. The standard InChI is InChI=1S/C26H28N4O3S3/c1-4-22(31)30-7-6-26(16-30)14-29(15-26)12-19-10-21(17(2)9-20(19)33-3)35-23-11-27-25(36-23)28-24(32)18-5-8-34-13-18/h4-5,8-11,13H,1,6-7,12,14-16H2,2-3H3,(H,27,28,32). The number of carbonyl (C=O) groups excluding carboxylic acids is 2. The number of hydrogen-bond acceptors (Lipinski definition) is 8. The molecule has 36 heavy (non-hydrogen) atoms. The number of thiazole rings is 1. The minimum atomic E-state index is -0.142. The van der Waals surface area contributed by atoms with Crippen molar-refractivity contribution < 1.29 is 14.3 Å². The Balaban J connectivity index is 1.23. The molecule has 188 valence electrons. The van der Waals surface area contributed by atoms with Crippen LogP contribution in [0.1, 0.15) is 27.9 Å². The lowest BCUT2D eigenvalue weighted by Crippen LogP contribution is -2.57. The van der Waals surface area contributed by atoms with Gasteiger partial charge in [0.1, 0.15) is 5.75 Å². The molecule has 10 heteroatoms. The first-order valence-corrected chi connectivity index (χ1v) is 14.2. The summed E-state index contributed by atoms with van der Waals surface area (Å²) in [6.07, 6.45) is 4.26. The van der Waals surface area contributed by atoms with Gasteiger partial charge in [0.15, 0.2) is 5.13 Å². The van der Waals surface area contributed by atoms with Gasteiger partial charge in [0.05, 0.1) is 23.1 Å². The third-order valence-electron chi connectivity index (χ3n) is 6.71. The quantitative estimate of drug-likeness (QED) is 0.399. The number of nitrogens with zero attached hydrogens (tertiary/aromatic N) is 3. The predicted molar refractivity (Wildman–Crippen MR) is 145 cm³/mol. The van der Waals surface area contributed by atoms with E-state index < -0.39 is 0 Å². The molecule has 0 radical (unpaired) electrons. The molecule has 2 aliphatic heterocycles. The summed E-state index contributed by atoms with van der Waals surface area (Å²) in [4.78, 5) is 34.2. The van der Waals surface area contributed by atoms with Crippen LogP contribution in [0.5, 0.6) is 5.75 Å². The van der Waals surface area contributed by atoms with Gasteiger partial charge in [-0.25, -0.2) is 4.98 Å². The fraction of sp³-hybridized carbons (Fsp3) is 0.346. The third kappa shape index (κ3) is 5.22. The summed E-state index contributed by atoms with van der Waals surface area (Å²) in [5, 5.41) is 7.18. The maximum Gasteiger partial charge on any atom is 0.258 e. The highest BCUT2D eigenvalue weighted by molar-refractivity contribution is 8.01. The molecule has 4 heterocycles. The number of nitrogens with one attached hydrogen (secondary N) is 1. The molecule has 2 saturated heterocycles. The Bertz CT molecular complexity index is 1280. The Kier molecular flexibility index (Phi) is 7.21. The van der Waals surface area contributed by atoms with Crippen LogP contribution in [0.25, 0.3) is 0 Å². The van der Waals surface area contributed by atoms with E-state index in [1.165, 1.54) is 28.7 Å². The molecule has 2 aliphatic rings. The van der Waals surface area contributed by atoms with Crippen molar-refractivity contribution in [2.24, 2.45) is 5.41 Å². The first-order valence-electron chi connectivity index (χ1n) is 11.7. The number of amides is 2. The molecule has 7 nitrogen and oxygen atoms in total. The van der Waals surface area contributed by atoms with Gasteiger partial charge in [0.25, 0.3) is 5.91 Å². The number of aromatic nitrogens is 1. The lowest BCUT2D eigenvalue weighted by molar-refractivity contribution is -0.126. The van der Waals surface area contributed by atoms with E-state index in [0.29, 0.717) is 10.7 Å². The summed E-state index contributed by atoms with van der Waals surface area (Å²) in [5.41, 5.74) is 3.13. The number of anilines is 1. The normalized spacial score (nSPS) is 16.7. The minimum absolute atomic E-state index is 0.0319. The number of ether oxygens (including phenoxy) is 1. The molecule has 2 amide bonds. The van der Waals surface area contributed by atoms with Crippen LogP contribution in [0.4, 0.5) is 5.13 Å². The summed E-state index contributed by atoms with van der Waals surface area (Å²) >= 11 is 4.61. The summed E-state index contributed by atoms with van der Waals surface area (Å²) in [6.45, 7) is 10.1. The summed E-state index contributed by atoms with van der Waals surface area (Å²) < 4.78 is 6.72. The number of likely N-dealkylation sites (tertiary alicyclic amines) is 2. The topological polar surface area (TPSA) is 74.8 Å². The van der Waals surface area contributed by atoms with E-state index in [-0.39, 0.29) is 17.2 Å². The van der Waals surface area contributed by atoms with Crippen LogP contribution in [-0.4, -0.2) is 59.9 Å². The van der Waals surface area contributed by atoms with E-state index >= 15 is 0 Å². The molecule has 5 rings (SSSR count). The highest BCUT2D eigenvalue weighted by Crippen LogP contribution is 2.42. The Labute approximate surface area is 223 Å². The lowest BCUT2D eigenvalue weighted by Gasteiger charge is -2.48. The molecule has 3 aromatic rings. The van der Waals surface area contributed by atoms with Crippen molar-refractivity contribution in [2.45, 2.75) is 29.0 Å². The zero-order chi connectivity index (χ0) is 25.3. The first kappa shape index (κ1) is 25.0. The van der Waals surface area contributed by atoms with Gasteiger partial charge in [-0.05, 0) is 48.6 Å². The van der Waals surface area contributed by atoms with Gasteiger partial charge in [-0.1, -0.05) is 29.7 Å². The van der Waals surface area contributed by atoms with Crippen molar-refractivity contribution in [2.75, 3.05) is 38.6 Å². The SMILES string of the molecule is C=CC(=O)N1CCC2(CN(Cc3cc(Sc4cnc(NC(=O)c5ccsc5)s4)c(C)cc3OC)C2)C1.